The Morgan fingerprint density at radius 3 is 2.33 bits per heavy atom. The van der Waals surface area contributed by atoms with Crippen molar-refractivity contribution in [2.75, 3.05) is 7.11 Å². The van der Waals surface area contributed by atoms with Crippen LogP contribution in [0.25, 0.3) is 0 Å². The second-order valence-electron chi connectivity index (χ2n) is 4.74. The zero-order valence-corrected chi connectivity index (χ0v) is 12.5. The molecule has 1 heterocycles. The highest BCUT2D eigenvalue weighted by Gasteiger charge is 2.40. The summed E-state index contributed by atoms with van der Waals surface area (Å²) in [5.41, 5.74) is 1.10. The van der Waals surface area contributed by atoms with Crippen molar-refractivity contribution in [3.8, 4) is 0 Å². The van der Waals surface area contributed by atoms with E-state index in [4.69, 9.17) is 0 Å². The number of alkyl halides is 3. The molecule has 0 unspecified atom stereocenters. The van der Waals surface area contributed by atoms with E-state index in [1.165, 1.54) is 12.1 Å². The fraction of sp³-hybridized carbons (Fsp3) is 0.286. The van der Waals surface area contributed by atoms with Crippen LogP contribution >= 0.6 is 0 Å². The zero-order valence-electron chi connectivity index (χ0n) is 12.5. The standard InChI is InChI=1S/C14H12F3N3O4/c1-7-3-5-8(6-4-7)10(21)18-9(12(22)23-2)11-19-20-13(24-11)14(15,16)17/h3-6,9H,1-2H3,(H,18,21)/t9-/m0/s1. The lowest BCUT2D eigenvalue weighted by molar-refractivity contribution is -0.158. The minimum Gasteiger partial charge on any atom is -0.467 e. The number of methoxy groups -OCH3 is 1. The molecule has 1 aromatic carbocycles. The summed E-state index contributed by atoms with van der Waals surface area (Å²) in [6, 6.07) is 4.65. The number of ether oxygens (including phenoxy) is 1. The number of benzene rings is 1. The van der Waals surface area contributed by atoms with E-state index in [1.807, 2.05) is 6.92 Å². The highest BCUT2D eigenvalue weighted by molar-refractivity contribution is 5.96. The molecule has 1 N–H and O–H groups in total. The summed E-state index contributed by atoms with van der Waals surface area (Å²) in [4.78, 5) is 23.9. The summed E-state index contributed by atoms with van der Waals surface area (Å²) in [5.74, 6) is -4.12. The van der Waals surface area contributed by atoms with Crippen molar-refractivity contribution in [1.29, 1.82) is 0 Å². The first kappa shape index (κ1) is 17.4. The van der Waals surface area contributed by atoms with Crippen molar-refractivity contribution in [3.63, 3.8) is 0 Å². The molecule has 1 atom stereocenters. The maximum Gasteiger partial charge on any atom is 0.470 e. The van der Waals surface area contributed by atoms with Crippen LogP contribution in [0.2, 0.25) is 0 Å². The van der Waals surface area contributed by atoms with E-state index in [0.29, 0.717) is 0 Å². The van der Waals surface area contributed by atoms with E-state index in [1.54, 1.807) is 12.1 Å². The molecule has 2 aromatic rings. The lowest BCUT2D eigenvalue weighted by atomic mass is 10.1. The van der Waals surface area contributed by atoms with Crippen molar-refractivity contribution in [3.05, 3.63) is 47.2 Å². The Bertz CT molecular complexity index is 740. The van der Waals surface area contributed by atoms with Crippen LogP contribution in [0.1, 0.15) is 33.7 Å². The van der Waals surface area contributed by atoms with Gasteiger partial charge in [0.25, 0.3) is 11.8 Å². The van der Waals surface area contributed by atoms with E-state index in [-0.39, 0.29) is 5.56 Å². The third-order valence-electron chi connectivity index (χ3n) is 2.96. The number of aromatic nitrogens is 2. The monoisotopic (exact) mass is 343 g/mol. The molecule has 128 valence electrons. The maximum absolute atomic E-state index is 12.5. The Kier molecular flexibility index (Phi) is 4.86. The smallest absolute Gasteiger partial charge is 0.467 e. The van der Waals surface area contributed by atoms with Crippen LogP contribution in [-0.4, -0.2) is 29.2 Å². The van der Waals surface area contributed by atoms with Crippen molar-refractivity contribution < 1.29 is 31.9 Å². The number of nitrogens with zero attached hydrogens (tertiary/aromatic N) is 2. The van der Waals surface area contributed by atoms with Crippen LogP contribution in [-0.2, 0) is 15.7 Å². The summed E-state index contributed by atoms with van der Waals surface area (Å²) in [6.45, 7) is 1.82. The summed E-state index contributed by atoms with van der Waals surface area (Å²) in [7, 11) is 1.01. The van der Waals surface area contributed by atoms with Crippen LogP contribution in [0.5, 0.6) is 0 Å². The van der Waals surface area contributed by atoms with Gasteiger partial charge in [-0.1, -0.05) is 17.7 Å². The Balaban J connectivity index is 2.26. The van der Waals surface area contributed by atoms with Gasteiger partial charge in [-0.15, -0.1) is 10.2 Å². The van der Waals surface area contributed by atoms with Gasteiger partial charge in [0.05, 0.1) is 7.11 Å². The van der Waals surface area contributed by atoms with Gasteiger partial charge in [-0.2, -0.15) is 13.2 Å². The van der Waals surface area contributed by atoms with Crippen LogP contribution in [0.4, 0.5) is 13.2 Å². The number of rotatable bonds is 4. The largest absolute Gasteiger partial charge is 0.470 e. The molecule has 0 aliphatic carbocycles. The second-order valence-corrected chi connectivity index (χ2v) is 4.74. The molecule has 1 amide bonds. The number of hydrogen-bond acceptors (Lipinski definition) is 6. The first-order chi connectivity index (χ1) is 11.2. The quantitative estimate of drug-likeness (QED) is 0.854. The normalized spacial score (nSPS) is 12.5. The van der Waals surface area contributed by atoms with Gasteiger partial charge in [0.1, 0.15) is 0 Å². The highest BCUT2D eigenvalue weighted by Crippen LogP contribution is 2.29. The molecule has 0 radical (unpaired) electrons. The first-order valence-corrected chi connectivity index (χ1v) is 6.58. The number of halogens is 3. The Morgan fingerprint density at radius 2 is 1.83 bits per heavy atom. The SMILES string of the molecule is COC(=O)[C@@H](NC(=O)c1ccc(C)cc1)c1nnc(C(F)(F)F)o1. The van der Waals surface area contributed by atoms with Gasteiger partial charge in [-0.05, 0) is 19.1 Å². The highest BCUT2D eigenvalue weighted by atomic mass is 19.4. The van der Waals surface area contributed by atoms with Gasteiger partial charge in [-0.3, -0.25) is 4.79 Å². The maximum atomic E-state index is 12.5. The Labute approximate surface area is 133 Å². The minimum atomic E-state index is -4.87. The number of esters is 1. The lowest BCUT2D eigenvalue weighted by Gasteiger charge is -2.13. The van der Waals surface area contributed by atoms with Crippen LogP contribution in [0, 0.1) is 6.92 Å². The Morgan fingerprint density at radius 1 is 1.21 bits per heavy atom. The van der Waals surface area contributed by atoms with Gasteiger partial charge in [0, 0.05) is 5.56 Å². The number of carbonyl (C=O) groups excluding carboxylic acids is 2. The average molecular weight is 343 g/mol. The molecular formula is C14H12F3N3O4. The van der Waals surface area contributed by atoms with Crippen LogP contribution < -0.4 is 5.32 Å². The topological polar surface area (TPSA) is 94.3 Å². The first-order valence-electron chi connectivity index (χ1n) is 6.58. The summed E-state index contributed by atoms with van der Waals surface area (Å²) in [6.07, 6.45) is -4.87. The molecule has 0 fully saturated rings. The van der Waals surface area contributed by atoms with Crippen molar-refractivity contribution in [2.45, 2.75) is 19.1 Å². The molecule has 0 saturated heterocycles. The van der Waals surface area contributed by atoms with E-state index in [2.05, 4.69) is 24.7 Å². The number of hydrogen-bond donors (Lipinski definition) is 1. The third kappa shape index (κ3) is 3.89. The molecule has 24 heavy (non-hydrogen) atoms. The molecule has 0 saturated carbocycles. The van der Waals surface area contributed by atoms with E-state index in [0.717, 1.165) is 12.7 Å². The minimum absolute atomic E-state index is 0.199. The Hall–Kier alpha value is -2.91. The van der Waals surface area contributed by atoms with Gasteiger partial charge >= 0.3 is 18.0 Å². The molecule has 7 nitrogen and oxygen atoms in total. The predicted octanol–water partition coefficient (Wildman–Crippen LogP) is 2.04. The van der Waals surface area contributed by atoms with Crippen molar-refractivity contribution in [1.82, 2.24) is 15.5 Å². The van der Waals surface area contributed by atoms with Gasteiger partial charge in [-0.25, -0.2) is 4.79 Å². The van der Waals surface area contributed by atoms with E-state index < -0.39 is 35.9 Å². The fourth-order valence-corrected chi connectivity index (χ4v) is 1.72. The number of aryl methyl sites for hydroxylation is 1. The number of amides is 1. The fourth-order valence-electron chi connectivity index (χ4n) is 1.72. The number of carbonyl (C=O) groups is 2. The lowest BCUT2D eigenvalue weighted by Crippen LogP contribution is -2.34. The molecule has 0 spiro atoms. The van der Waals surface area contributed by atoms with Crippen molar-refractivity contribution in [2.24, 2.45) is 0 Å². The van der Waals surface area contributed by atoms with Gasteiger partial charge in [0.15, 0.2) is 0 Å². The molecule has 0 bridgehead atoms. The van der Waals surface area contributed by atoms with Crippen LogP contribution in [0.15, 0.2) is 28.7 Å². The molecular weight excluding hydrogens is 331 g/mol. The molecule has 10 heteroatoms. The third-order valence-corrected chi connectivity index (χ3v) is 2.96. The van der Waals surface area contributed by atoms with Crippen molar-refractivity contribution >= 4 is 11.9 Å². The van der Waals surface area contributed by atoms with Crippen LogP contribution in [0.3, 0.4) is 0 Å². The van der Waals surface area contributed by atoms with E-state index >= 15 is 0 Å². The number of nitrogens with one attached hydrogen (secondary N) is 1. The summed E-state index contributed by atoms with van der Waals surface area (Å²) >= 11 is 0. The summed E-state index contributed by atoms with van der Waals surface area (Å²) < 4.78 is 46.4. The molecule has 0 aliphatic rings. The average Bonchev–Trinajstić information content (AvgIpc) is 3.02. The predicted molar refractivity (Wildman–Crippen MR) is 72.7 cm³/mol. The molecule has 0 aliphatic heterocycles. The summed E-state index contributed by atoms with van der Waals surface area (Å²) in [5, 5.41) is 8.18. The van der Waals surface area contributed by atoms with E-state index in [9.17, 15) is 22.8 Å². The molecule has 2 rings (SSSR count). The molecule has 1 aromatic heterocycles. The second kappa shape index (κ2) is 6.69. The van der Waals surface area contributed by atoms with Gasteiger partial charge in [0.2, 0.25) is 6.04 Å². The van der Waals surface area contributed by atoms with Gasteiger partial charge < -0.3 is 14.5 Å². The zero-order chi connectivity index (χ0) is 17.9.